The van der Waals surface area contributed by atoms with Gasteiger partial charge in [0, 0.05) is 80.2 Å². The quantitative estimate of drug-likeness (QED) is 0.0571. The van der Waals surface area contributed by atoms with Crippen molar-refractivity contribution in [3.05, 3.63) is 117 Å². The number of rotatable bonds is 15. The van der Waals surface area contributed by atoms with Crippen LogP contribution in [0.5, 0.6) is 11.5 Å². The van der Waals surface area contributed by atoms with Gasteiger partial charge in [0.25, 0.3) is 21.6 Å². The number of ether oxygens (including phenoxy) is 2. The van der Waals surface area contributed by atoms with E-state index in [1.54, 1.807) is 30.5 Å². The molecule has 1 saturated carbocycles. The minimum atomic E-state index is -4.76. The number of nitro groups is 1. The number of hydrogen-bond acceptors (Lipinski definition) is 14. The van der Waals surface area contributed by atoms with Crippen LogP contribution in [-0.2, 0) is 30.8 Å². The number of aromatic nitrogens is 2. The van der Waals surface area contributed by atoms with Crippen molar-refractivity contribution in [2.45, 2.75) is 73.6 Å². The Morgan fingerprint density at radius 3 is 2.49 bits per heavy atom. The number of sulfone groups is 1. The number of halogens is 4. The van der Waals surface area contributed by atoms with Crippen LogP contribution in [0.4, 0.5) is 30.2 Å². The third kappa shape index (κ3) is 10.7. The van der Waals surface area contributed by atoms with Crippen molar-refractivity contribution in [1.82, 2.24) is 24.9 Å². The van der Waals surface area contributed by atoms with Gasteiger partial charge in [0.05, 0.1) is 45.5 Å². The highest BCUT2D eigenvalue weighted by Crippen LogP contribution is 2.46. The number of amides is 1. The van der Waals surface area contributed by atoms with Crippen molar-refractivity contribution in [1.29, 1.82) is 0 Å². The Kier molecular flexibility index (Phi) is 14.1. The van der Waals surface area contributed by atoms with E-state index in [-0.39, 0.29) is 52.9 Å². The van der Waals surface area contributed by atoms with E-state index in [4.69, 9.17) is 21.1 Å². The predicted molar refractivity (Wildman–Crippen MR) is 267 cm³/mol. The summed E-state index contributed by atoms with van der Waals surface area (Å²) >= 11 is 6.54. The number of allylic oxidation sites excluding steroid dienone is 1. The fraction of sp³-hybridized carbons (Fsp3) is 0.429. The predicted octanol–water partition coefficient (Wildman–Crippen LogP) is 8.54. The second-order valence-electron chi connectivity index (χ2n) is 19.5. The zero-order chi connectivity index (χ0) is 51.2. The summed E-state index contributed by atoms with van der Waals surface area (Å²) in [7, 11) is -8.60. The minimum Gasteiger partial charge on any atom is -0.455 e. The van der Waals surface area contributed by atoms with E-state index in [1.165, 1.54) is 18.3 Å². The molecule has 2 aromatic heterocycles. The molecule has 0 radical (unpaired) electrons. The number of pyridine rings is 1. The molecule has 4 N–H and O–H groups in total. The van der Waals surface area contributed by atoms with Crippen LogP contribution >= 0.6 is 11.6 Å². The second-order valence-corrected chi connectivity index (χ2v) is 24.1. The third-order valence-electron chi connectivity index (χ3n) is 14.1. The molecule has 0 bridgehead atoms. The lowest BCUT2D eigenvalue weighted by Gasteiger charge is -2.41. The lowest BCUT2D eigenvalue weighted by molar-refractivity contribution is -0.384. The van der Waals surface area contributed by atoms with Crippen molar-refractivity contribution in [3.8, 4) is 11.5 Å². The summed E-state index contributed by atoms with van der Waals surface area (Å²) in [6.07, 6.45) is 2.72. The number of anilines is 2. The van der Waals surface area contributed by atoms with Crippen LogP contribution in [0.15, 0.2) is 89.6 Å². The molecule has 1 unspecified atom stereocenters. The van der Waals surface area contributed by atoms with Crippen LogP contribution in [0.3, 0.4) is 0 Å². The number of benzene rings is 3. The number of fused-ring (bicyclic) bond motifs is 1. The molecule has 5 aromatic rings. The Morgan fingerprint density at radius 1 is 1.03 bits per heavy atom. The Labute approximate surface area is 419 Å². The van der Waals surface area contributed by atoms with E-state index < -0.39 is 63.2 Å². The number of aromatic amines is 1. The number of nitro benzene ring substituents is 1. The molecule has 2 saturated heterocycles. The van der Waals surface area contributed by atoms with Crippen molar-refractivity contribution >= 4 is 71.0 Å². The van der Waals surface area contributed by atoms with E-state index in [0.717, 1.165) is 60.7 Å². The third-order valence-corrected chi connectivity index (χ3v) is 18.5. The summed E-state index contributed by atoms with van der Waals surface area (Å²) in [5.74, 6) is -0.827. The van der Waals surface area contributed by atoms with E-state index in [2.05, 4.69) is 44.2 Å². The van der Waals surface area contributed by atoms with Crippen LogP contribution in [0.2, 0.25) is 5.02 Å². The number of alkyl halides is 3. The molecule has 1 amide bonds. The summed E-state index contributed by atoms with van der Waals surface area (Å²) in [6.45, 7) is 7.39. The Bertz CT molecular complexity index is 3170. The lowest BCUT2D eigenvalue weighted by Crippen LogP contribution is -2.61. The number of piperazine rings is 1. The fourth-order valence-corrected chi connectivity index (χ4v) is 13.4. The Balaban J connectivity index is 0.932. The second kappa shape index (κ2) is 19.9. The molecule has 4 heterocycles. The molecule has 1 atom stereocenters. The number of H-pyrrole nitrogens is 1. The fourth-order valence-electron chi connectivity index (χ4n) is 9.71. The number of carbonyl (C=O) groups is 1. The first-order chi connectivity index (χ1) is 34.1. The van der Waals surface area contributed by atoms with Crippen LogP contribution in [-0.4, -0.2) is 112 Å². The van der Waals surface area contributed by atoms with Gasteiger partial charge in [0.2, 0.25) is 0 Å². The summed E-state index contributed by atoms with van der Waals surface area (Å²) in [5, 5.41) is 18.4. The number of sulfonamides is 1. The maximum atomic E-state index is 14.1. The molecular formula is C49H54ClF3N8O9S2. The average molecular weight is 1060 g/mol. The summed E-state index contributed by atoms with van der Waals surface area (Å²) in [6, 6.07) is 14.8. The minimum absolute atomic E-state index is 0.00286. The molecule has 9 rings (SSSR count). The first kappa shape index (κ1) is 51.1. The molecule has 384 valence electrons. The monoisotopic (exact) mass is 1050 g/mol. The number of nitrogens with zero attached hydrogens (tertiary/aromatic N) is 4. The highest BCUT2D eigenvalue weighted by molar-refractivity contribution is 7.93. The maximum absolute atomic E-state index is 14.1. The molecule has 3 fully saturated rings. The van der Waals surface area contributed by atoms with Gasteiger partial charge in [-0.1, -0.05) is 43.5 Å². The lowest BCUT2D eigenvalue weighted by atomic mass is 9.72. The molecule has 2 aliphatic carbocycles. The zero-order valence-electron chi connectivity index (χ0n) is 39.5. The van der Waals surface area contributed by atoms with Gasteiger partial charge in [-0.3, -0.25) is 19.8 Å². The largest absolute Gasteiger partial charge is 0.455 e. The SMILES string of the molecule is CC1(C)CCC(CN2CCN(c3ccc(C(=O)NS(=O)(=O)c4ccc(NCC5(S(=O)(=O)C6CCC6)CNCCO5)c([N+](=O)[O-])c4)c(Oc4cnc5[nH]ccc5c4)c3)CC2)=C(c2ccc(C(F)(F)F)cc2Cl)C1. The van der Waals surface area contributed by atoms with E-state index >= 15 is 0 Å². The first-order valence-corrected chi connectivity index (χ1v) is 27.0. The Hall–Kier alpha value is -5.78. The molecule has 2 aliphatic heterocycles. The first-order valence-electron chi connectivity index (χ1n) is 23.6. The number of nitrogens with one attached hydrogen (secondary N) is 4. The summed E-state index contributed by atoms with van der Waals surface area (Å²) in [4.78, 5) is 35.1. The molecule has 4 aliphatic rings. The van der Waals surface area contributed by atoms with Crippen molar-refractivity contribution < 1.29 is 49.2 Å². The average Bonchev–Trinajstić information content (AvgIpc) is 3.79. The van der Waals surface area contributed by atoms with Gasteiger partial charge < -0.3 is 30.0 Å². The number of morpholine rings is 1. The van der Waals surface area contributed by atoms with Gasteiger partial charge in [0.1, 0.15) is 22.8 Å². The van der Waals surface area contributed by atoms with Gasteiger partial charge in [-0.2, -0.15) is 13.2 Å². The standard InChI is InChI=1S/C49H54ClF3N8O9S2/c1-47(2)14-12-32(40(26-47)38-9-6-33(23-41(38)50)49(51,52)53)28-59-17-19-60(20-18-59)34-7-10-39(44(24-34)70-35-22-31-13-15-55-45(31)56-27-35)46(62)58-72(67,68)37-8-11-42(43(25-37)61(63)64)57-30-48(29-54-16-21-69-48)71(65,66)36-4-3-5-36/h6-11,13,15,22-25,27,36,54,57H,3-5,12,14,16-21,26,28-30H2,1-2H3,(H,55,56)(H,58,62). The molecule has 72 heavy (non-hydrogen) atoms. The van der Waals surface area contributed by atoms with Gasteiger partial charge in [-0.25, -0.2) is 26.5 Å². The van der Waals surface area contributed by atoms with Gasteiger partial charge in [-0.05, 0) is 97.2 Å². The van der Waals surface area contributed by atoms with Crippen LogP contribution < -0.4 is 25.0 Å². The van der Waals surface area contributed by atoms with E-state index in [9.17, 15) is 44.9 Å². The highest BCUT2D eigenvalue weighted by Gasteiger charge is 2.52. The topological polar surface area (TPSA) is 218 Å². The van der Waals surface area contributed by atoms with Gasteiger partial charge in [-0.15, -0.1) is 0 Å². The molecule has 0 spiro atoms. The zero-order valence-corrected chi connectivity index (χ0v) is 41.9. The Morgan fingerprint density at radius 2 is 1.81 bits per heavy atom. The van der Waals surface area contributed by atoms with Crippen molar-refractivity contribution in [2.75, 3.05) is 69.2 Å². The molecule has 3 aromatic carbocycles. The molecule has 17 nitrogen and oxygen atoms in total. The van der Waals surface area contributed by atoms with Crippen molar-refractivity contribution in [3.63, 3.8) is 0 Å². The van der Waals surface area contributed by atoms with Crippen LogP contribution in [0, 0.1) is 15.5 Å². The van der Waals surface area contributed by atoms with Crippen LogP contribution in [0.25, 0.3) is 16.6 Å². The maximum Gasteiger partial charge on any atom is 0.416 e. The molecule has 23 heteroatoms. The highest BCUT2D eigenvalue weighted by atomic mass is 35.5. The number of carbonyl (C=O) groups excluding carboxylic acids is 1. The van der Waals surface area contributed by atoms with Gasteiger partial charge >= 0.3 is 6.18 Å². The normalized spacial score (nSPS) is 20.3. The number of hydrogen-bond donors (Lipinski definition) is 4. The summed E-state index contributed by atoms with van der Waals surface area (Å²) < 4.78 is 110. The van der Waals surface area contributed by atoms with E-state index in [1.807, 2.05) is 4.72 Å². The van der Waals surface area contributed by atoms with Crippen LogP contribution in [0.1, 0.15) is 73.9 Å². The van der Waals surface area contributed by atoms with E-state index in [0.29, 0.717) is 80.8 Å². The summed E-state index contributed by atoms with van der Waals surface area (Å²) in [5.41, 5.74) is 2.13. The van der Waals surface area contributed by atoms with Crippen molar-refractivity contribution in [2.24, 2.45) is 5.41 Å². The smallest absolute Gasteiger partial charge is 0.416 e. The molecular weight excluding hydrogens is 1000 g/mol. The van der Waals surface area contributed by atoms with Gasteiger partial charge in [0.15, 0.2) is 14.8 Å².